The minimum absolute atomic E-state index is 0.497. The van der Waals surface area contributed by atoms with Crippen molar-refractivity contribution < 1.29 is 0 Å². The first-order valence-corrected chi connectivity index (χ1v) is 7.32. The van der Waals surface area contributed by atoms with Gasteiger partial charge in [-0.1, -0.05) is 13.8 Å². The third-order valence-electron chi connectivity index (χ3n) is 3.75. The van der Waals surface area contributed by atoms with E-state index in [0.29, 0.717) is 5.41 Å². The molecule has 0 atom stereocenters. The minimum Gasteiger partial charge on any atom is -0.316 e. The van der Waals surface area contributed by atoms with E-state index in [1.165, 1.54) is 28.7 Å². The van der Waals surface area contributed by atoms with E-state index in [1.807, 2.05) is 0 Å². The fourth-order valence-corrected chi connectivity index (χ4v) is 3.11. The van der Waals surface area contributed by atoms with Gasteiger partial charge in [-0.05, 0) is 53.6 Å². The van der Waals surface area contributed by atoms with Crippen molar-refractivity contribution in [2.45, 2.75) is 39.5 Å². The van der Waals surface area contributed by atoms with Gasteiger partial charge in [0.15, 0.2) is 0 Å². The first-order valence-electron chi connectivity index (χ1n) is 6.53. The highest BCUT2D eigenvalue weighted by molar-refractivity contribution is 9.10. The highest BCUT2D eigenvalue weighted by atomic mass is 79.9. The second-order valence-electron chi connectivity index (χ2n) is 5.14. The lowest BCUT2D eigenvalue weighted by atomic mass is 10.00. The molecule has 3 nitrogen and oxygen atoms in total. The highest BCUT2D eigenvalue weighted by Gasteiger charge is 2.43. The van der Waals surface area contributed by atoms with Crippen LogP contribution in [0, 0.1) is 5.41 Å². The van der Waals surface area contributed by atoms with Crippen LogP contribution in [-0.2, 0) is 19.9 Å². The second kappa shape index (κ2) is 5.11. The number of rotatable bonds is 6. The molecule has 1 saturated carbocycles. The molecule has 0 amide bonds. The van der Waals surface area contributed by atoms with Crippen LogP contribution in [0.5, 0.6) is 0 Å². The highest BCUT2D eigenvalue weighted by Crippen LogP contribution is 2.48. The predicted molar refractivity (Wildman–Crippen MR) is 74.2 cm³/mol. The lowest BCUT2D eigenvalue weighted by Crippen LogP contribution is -2.26. The van der Waals surface area contributed by atoms with E-state index in [2.05, 4.69) is 51.9 Å². The molecule has 1 heterocycles. The topological polar surface area (TPSA) is 29.9 Å². The van der Waals surface area contributed by atoms with Crippen LogP contribution in [0.1, 0.15) is 38.1 Å². The minimum atomic E-state index is 0.497. The molecule has 1 fully saturated rings. The van der Waals surface area contributed by atoms with Crippen LogP contribution < -0.4 is 5.32 Å². The fraction of sp³-hybridized carbons (Fsp3) is 0.769. The average molecular weight is 300 g/mol. The third-order valence-corrected chi connectivity index (χ3v) is 4.67. The summed E-state index contributed by atoms with van der Waals surface area (Å²) < 4.78 is 3.28. The Morgan fingerprint density at radius 1 is 1.41 bits per heavy atom. The molecule has 0 radical (unpaired) electrons. The molecule has 1 aliphatic carbocycles. The Morgan fingerprint density at radius 2 is 2.12 bits per heavy atom. The van der Waals surface area contributed by atoms with Gasteiger partial charge >= 0.3 is 0 Å². The molecule has 96 valence electrons. The molecule has 2 rings (SSSR count). The Morgan fingerprint density at radius 3 is 2.59 bits per heavy atom. The Labute approximate surface area is 112 Å². The van der Waals surface area contributed by atoms with Crippen LogP contribution in [0.15, 0.2) is 4.47 Å². The second-order valence-corrected chi connectivity index (χ2v) is 5.93. The molecular formula is C13H22BrN3. The van der Waals surface area contributed by atoms with Crippen molar-refractivity contribution in [3.8, 4) is 0 Å². The fourth-order valence-electron chi connectivity index (χ4n) is 2.35. The lowest BCUT2D eigenvalue weighted by molar-refractivity contribution is 0.448. The van der Waals surface area contributed by atoms with Gasteiger partial charge in [-0.25, -0.2) is 0 Å². The number of nitrogens with one attached hydrogen (secondary N) is 1. The van der Waals surface area contributed by atoms with Crippen molar-refractivity contribution in [2.75, 3.05) is 13.1 Å². The Hall–Kier alpha value is -0.350. The number of aromatic nitrogens is 2. The molecule has 0 saturated heterocycles. The van der Waals surface area contributed by atoms with Crippen molar-refractivity contribution in [2.24, 2.45) is 12.5 Å². The van der Waals surface area contributed by atoms with Crippen molar-refractivity contribution in [1.29, 1.82) is 0 Å². The number of hydrogen-bond acceptors (Lipinski definition) is 2. The number of aryl methyl sites for hydroxylation is 2. The van der Waals surface area contributed by atoms with Gasteiger partial charge in [0.05, 0.1) is 15.9 Å². The number of hydrogen-bond donors (Lipinski definition) is 1. The van der Waals surface area contributed by atoms with Gasteiger partial charge in [0, 0.05) is 13.6 Å². The summed E-state index contributed by atoms with van der Waals surface area (Å²) in [6, 6.07) is 0. The molecule has 0 spiro atoms. The van der Waals surface area contributed by atoms with Gasteiger partial charge in [-0.3, -0.25) is 4.68 Å². The molecule has 1 aromatic heterocycles. The van der Waals surface area contributed by atoms with Crippen LogP contribution in [0.25, 0.3) is 0 Å². The van der Waals surface area contributed by atoms with Gasteiger partial charge < -0.3 is 5.32 Å². The molecule has 1 aliphatic rings. The first-order chi connectivity index (χ1) is 8.12. The Bertz CT molecular complexity index is 394. The van der Waals surface area contributed by atoms with Crippen LogP contribution in [0.2, 0.25) is 0 Å². The molecule has 0 unspecified atom stereocenters. The van der Waals surface area contributed by atoms with Crippen LogP contribution in [0.4, 0.5) is 0 Å². The van der Waals surface area contributed by atoms with E-state index >= 15 is 0 Å². The molecular weight excluding hydrogens is 278 g/mol. The van der Waals surface area contributed by atoms with E-state index in [9.17, 15) is 0 Å². The zero-order chi connectivity index (χ0) is 12.5. The molecule has 17 heavy (non-hydrogen) atoms. The van der Waals surface area contributed by atoms with E-state index in [1.54, 1.807) is 0 Å². The molecule has 1 N–H and O–H groups in total. The van der Waals surface area contributed by atoms with Gasteiger partial charge in [0.1, 0.15) is 0 Å². The van der Waals surface area contributed by atoms with Crippen LogP contribution in [0.3, 0.4) is 0 Å². The summed E-state index contributed by atoms with van der Waals surface area (Å²) in [6.07, 6.45) is 4.83. The molecule has 0 aromatic carbocycles. The third kappa shape index (κ3) is 2.74. The van der Waals surface area contributed by atoms with E-state index in [4.69, 9.17) is 0 Å². The van der Waals surface area contributed by atoms with Crippen molar-refractivity contribution in [1.82, 2.24) is 15.1 Å². The van der Waals surface area contributed by atoms with E-state index in [-0.39, 0.29) is 0 Å². The summed E-state index contributed by atoms with van der Waals surface area (Å²) in [6.45, 7) is 6.53. The summed E-state index contributed by atoms with van der Waals surface area (Å²) in [4.78, 5) is 0. The molecule has 1 aromatic rings. The summed E-state index contributed by atoms with van der Waals surface area (Å²) >= 11 is 3.71. The standard InChI is InChI=1S/C13H22BrN3/c1-4-10-12(14)11(17(3)16-10)8-13(6-7-13)9-15-5-2/h15H,4-9H2,1-3H3. The summed E-state index contributed by atoms with van der Waals surface area (Å²) in [5, 5.41) is 8.06. The molecule has 0 bridgehead atoms. The van der Waals surface area contributed by atoms with Crippen LogP contribution >= 0.6 is 15.9 Å². The quantitative estimate of drug-likeness (QED) is 0.875. The summed E-state index contributed by atoms with van der Waals surface area (Å²) in [7, 11) is 2.06. The molecule has 4 heteroatoms. The van der Waals surface area contributed by atoms with Crippen molar-refractivity contribution >= 4 is 15.9 Å². The summed E-state index contributed by atoms with van der Waals surface area (Å²) in [5.74, 6) is 0. The van der Waals surface area contributed by atoms with Crippen molar-refractivity contribution in [3.63, 3.8) is 0 Å². The monoisotopic (exact) mass is 299 g/mol. The van der Waals surface area contributed by atoms with E-state index in [0.717, 1.165) is 25.9 Å². The maximum Gasteiger partial charge on any atom is 0.0766 e. The van der Waals surface area contributed by atoms with Gasteiger partial charge in [0.2, 0.25) is 0 Å². The summed E-state index contributed by atoms with van der Waals surface area (Å²) in [5.41, 5.74) is 3.04. The van der Waals surface area contributed by atoms with Gasteiger partial charge in [-0.2, -0.15) is 5.10 Å². The Balaban J connectivity index is 2.10. The largest absolute Gasteiger partial charge is 0.316 e. The Kier molecular flexibility index (Phi) is 3.93. The smallest absolute Gasteiger partial charge is 0.0766 e. The normalized spacial score (nSPS) is 17.4. The number of halogens is 1. The van der Waals surface area contributed by atoms with Crippen molar-refractivity contribution in [3.05, 3.63) is 15.9 Å². The maximum atomic E-state index is 4.57. The number of nitrogens with zero attached hydrogens (tertiary/aromatic N) is 2. The molecule has 0 aliphatic heterocycles. The van der Waals surface area contributed by atoms with Crippen LogP contribution in [-0.4, -0.2) is 22.9 Å². The maximum absolute atomic E-state index is 4.57. The van der Waals surface area contributed by atoms with Gasteiger partial charge in [0.25, 0.3) is 0 Å². The SMILES string of the molecule is CCNCC1(Cc2c(Br)c(CC)nn2C)CC1. The van der Waals surface area contributed by atoms with E-state index < -0.39 is 0 Å². The zero-order valence-electron chi connectivity index (χ0n) is 11.0. The first kappa shape index (κ1) is 13.1. The lowest BCUT2D eigenvalue weighted by Gasteiger charge is -2.15. The zero-order valence-corrected chi connectivity index (χ0v) is 12.6. The average Bonchev–Trinajstić information content (AvgIpc) is 3.04. The van der Waals surface area contributed by atoms with Gasteiger partial charge in [-0.15, -0.1) is 0 Å². The predicted octanol–water partition coefficient (Wildman–Crippen LogP) is 2.68.